The molecule has 37 heavy (non-hydrogen) atoms. The third kappa shape index (κ3) is 5.74. The maximum atomic E-state index is 14.4. The summed E-state index contributed by atoms with van der Waals surface area (Å²) in [6, 6.07) is 34.1. The van der Waals surface area contributed by atoms with E-state index in [9.17, 15) is 8.78 Å². The lowest BCUT2D eigenvalue weighted by atomic mass is 9.80. The Labute approximate surface area is 216 Å². The van der Waals surface area contributed by atoms with Gasteiger partial charge in [0.2, 0.25) is 0 Å². The van der Waals surface area contributed by atoms with Gasteiger partial charge in [-0.15, -0.1) is 6.58 Å². The average molecular weight is 498 g/mol. The van der Waals surface area contributed by atoms with E-state index in [2.05, 4.69) is 11.6 Å². The summed E-state index contributed by atoms with van der Waals surface area (Å²) in [6.07, 6.45) is 1.10. The van der Waals surface area contributed by atoms with Crippen LogP contribution in [0, 0.1) is 11.6 Å². The van der Waals surface area contributed by atoms with Crippen molar-refractivity contribution in [2.45, 2.75) is 11.7 Å². The molecular weight excluding hydrogens is 468 g/mol. The summed E-state index contributed by atoms with van der Waals surface area (Å²) in [4.78, 5) is 4.13. The zero-order valence-electron chi connectivity index (χ0n) is 20.7. The van der Waals surface area contributed by atoms with Crippen LogP contribution < -0.4 is 0 Å². The van der Waals surface area contributed by atoms with Crippen LogP contribution in [0.3, 0.4) is 0 Å². The molecule has 0 spiro atoms. The second-order valence-electron chi connectivity index (χ2n) is 8.45. The van der Waals surface area contributed by atoms with E-state index in [1.807, 2.05) is 91.0 Å². The monoisotopic (exact) mass is 497 g/mol. The second kappa shape index (κ2) is 12.3. The number of rotatable bonds is 11. The van der Waals surface area contributed by atoms with Gasteiger partial charge in [0, 0.05) is 12.6 Å². The molecule has 0 aliphatic heterocycles. The van der Waals surface area contributed by atoms with Gasteiger partial charge in [-0.1, -0.05) is 103 Å². The van der Waals surface area contributed by atoms with Crippen LogP contribution in [0.2, 0.25) is 0 Å². The molecule has 0 aliphatic carbocycles. The normalized spacial score (nSPS) is 12.8. The summed E-state index contributed by atoms with van der Waals surface area (Å²) in [5, 5.41) is 0. The molecule has 0 aliphatic rings. The topological polar surface area (TPSA) is 30.8 Å². The predicted molar refractivity (Wildman–Crippen MR) is 144 cm³/mol. The van der Waals surface area contributed by atoms with Crippen molar-refractivity contribution in [2.75, 3.05) is 20.3 Å². The van der Waals surface area contributed by atoms with Crippen molar-refractivity contribution in [3.8, 4) is 0 Å². The predicted octanol–water partition coefficient (Wildman–Crippen LogP) is 6.96. The Morgan fingerprint density at radius 2 is 1.32 bits per heavy atom. The summed E-state index contributed by atoms with van der Waals surface area (Å²) in [5.41, 5.74) is 2.35. The minimum absolute atomic E-state index is 0.0358. The average Bonchev–Trinajstić information content (AvgIpc) is 2.96. The van der Waals surface area contributed by atoms with Crippen molar-refractivity contribution in [1.29, 1.82) is 0 Å². The van der Waals surface area contributed by atoms with Crippen molar-refractivity contribution in [3.05, 3.63) is 156 Å². The molecule has 0 fully saturated rings. The van der Waals surface area contributed by atoms with Crippen LogP contribution in [0.25, 0.3) is 0 Å². The maximum Gasteiger partial charge on any atom is 0.167 e. The van der Waals surface area contributed by atoms with Gasteiger partial charge in [0.1, 0.15) is 5.60 Å². The van der Waals surface area contributed by atoms with E-state index >= 15 is 0 Å². The molecular formula is C32H29F2NO2. The zero-order valence-corrected chi connectivity index (χ0v) is 20.7. The van der Waals surface area contributed by atoms with Crippen LogP contribution in [0.15, 0.2) is 127 Å². The number of aliphatic imine (C=N–C) groups is 1. The van der Waals surface area contributed by atoms with Gasteiger partial charge in [-0.25, -0.2) is 8.78 Å². The van der Waals surface area contributed by atoms with Crippen molar-refractivity contribution in [3.63, 3.8) is 0 Å². The number of halogens is 2. The molecule has 5 heteroatoms. The molecule has 3 nitrogen and oxygen atoms in total. The Balaban J connectivity index is 1.64. The first-order valence-electron chi connectivity index (χ1n) is 12.0. The third-order valence-electron chi connectivity index (χ3n) is 6.23. The molecule has 0 saturated carbocycles. The van der Waals surface area contributed by atoms with Gasteiger partial charge in [0.25, 0.3) is 0 Å². The van der Waals surface area contributed by atoms with Crippen LogP contribution in [-0.4, -0.2) is 32.1 Å². The standard InChI is InChI=1S/C32H29F2NO2/c1-3-27(36-23-30(35-2)28-20-13-21-29(33)31(28)34)22-37-32(24-14-7-4-8-15-24,25-16-9-5-10-17-25)26-18-11-6-12-19-26/h3-21,27H,1,22-23H2,2H3. The first-order chi connectivity index (χ1) is 18.1. The SMILES string of the molecule is C=CC(COC(c1ccccc1)(c1ccccc1)c1ccccc1)OCC(=NC)c1cccc(F)c1F. The van der Waals surface area contributed by atoms with Crippen LogP contribution in [0.5, 0.6) is 0 Å². The first kappa shape index (κ1) is 26.1. The second-order valence-corrected chi connectivity index (χ2v) is 8.45. The quantitative estimate of drug-likeness (QED) is 0.127. The maximum absolute atomic E-state index is 14.4. The van der Waals surface area contributed by atoms with Crippen molar-refractivity contribution in [2.24, 2.45) is 4.99 Å². The van der Waals surface area contributed by atoms with E-state index in [1.165, 1.54) is 19.2 Å². The fourth-order valence-electron chi connectivity index (χ4n) is 4.34. The van der Waals surface area contributed by atoms with Gasteiger partial charge < -0.3 is 9.47 Å². The number of hydrogen-bond acceptors (Lipinski definition) is 3. The van der Waals surface area contributed by atoms with Gasteiger partial charge in [0.15, 0.2) is 11.6 Å². The first-order valence-corrected chi connectivity index (χ1v) is 12.0. The Kier molecular flexibility index (Phi) is 8.72. The molecule has 4 aromatic carbocycles. The van der Waals surface area contributed by atoms with Gasteiger partial charge in [0.05, 0.1) is 25.0 Å². The van der Waals surface area contributed by atoms with E-state index in [0.29, 0.717) is 5.71 Å². The molecule has 0 aromatic heterocycles. The molecule has 1 unspecified atom stereocenters. The Morgan fingerprint density at radius 1 is 0.811 bits per heavy atom. The van der Waals surface area contributed by atoms with Gasteiger partial charge in [-0.3, -0.25) is 4.99 Å². The highest BCUT2D eigenvalue weighted by atomic mass is 19.2. The largest absolute Gasteiger partial charge is 0.365 e. The van der Waals surface area contributed by atoms with Crippen molar-refractivity contribution < 1.29 is 18.3 Å². The Hall–Kier alpha value is -3.93. The van der Waals surface area contributed by atoms with Gasteiger partial charge >= 0.3 is 0 Å². The fraction of sp³-hybridized carbons (Fsp3) is 0.156. The molecule has 4 aromatic rings. The Bertz CT molecular complexity index is 1230. The third-order valence-corrected chi connectivity index (χ3v) is 6.23. The lowest BCUT2D eigenvalue weighted by Crippen LogP contribution is -2.36. The highest BCUT2D eigenvalue weighted by Crippen LogP contribution is 2.40. The van der Waals surface area contributed by atoms with E-state index in [0.717, 1.165) is 22.8 Å². The summed E-state index contributed by atoms with van der Waals surface area (Å²) in [5.74, 6) is -1.88. The molecule has 0 heterocycles. The van der Waals surface area contributed by atoms with Crippen LogP contribution >= 0.6 is 0 Å². The number of nitrogens with zero attached hydrogens (tertiary/aromatic N) is 1. The van der Waals surface area contributed by atoms with Crippen LogP contribution in [0.4, 0.5) is 8.78 Å². The van der Waals surface area contributed by atoms with Crippen LogP contribution in [0.1, 0.15) is 22.3 Å². The van der Waals surface area contributed by atoms with Gasteiger partial charge in [-0.05, 0) is 28.8 Å². The highest BCUT2D eigenvalue weighted by Gasteiger charge is 2.38. The van der Waals surface area contributed by atoms with E-state index in [-0.39, 0.29) is 18.8 Å². The van der Waals surface area contributed by atoms with E-state index < -0.39 is 23.3 Å². The summed E-state index contributed by atoms with van der Waals surface area (Å²) >= 11 is 0. The molecule has 0 radical (unpaired) electrons. The van der Waals surface area contributed by atoms with Gasteiger partial charge in [-0.2, -0.15) is 0 Å². The number of ether oxygens (including phenoxy) is 2. The summed E-state index contributed by atoms with van der Waals surface area (Å²) in [6.45, 7) is 4.03. The van der Waals surface area contributed by atoms with Crippen LogP contribution in [-0.2, 0) is 15.1 Å². The van der Waals surface area contributed by atoms with Crippen molar-refractivity contribution in [1.82, 2.24) is 0 Å². The smallest absolute Gasteiger partial charge is 0.167 e. The lowest BCUT2D eigenvalue weighted by molar-refractivity contribution is -0.0411. The Morgan fingerprint density at radius 3 is 1.78 bits per heavy atom. The number of benzene rings is 4. The zero-order chi connectivity index (χ0) is 26.1. The minimum atomic E-state index is -0.950. The molecule has 1 atom stereocenters. The summed E-state index contributed by atoms with van der Waals surface area (Å²) < 4.78 is 40.9. The molecule has 0 bridgehead atoms. The molecule has 0 N–H and O–H groups in total. The molecule has 4 rings (SSSR count). The number of hydrogen-bond donors (Lipinski definition) is 0. The van der Waals surface area contributed by atoms with Crippen molar-refractivity contribution >= 4 is 5.71 Å². The molecule has 0 amide bonds. The highest BCUT2D eigenvalue weighted by molar-refractivity contribution is 6.01. The lowest BCUT2D eigenvalue weighted by Gasteiger charge is -2.36. The molecule has 188 valence electrons. The van der Waals surface area contributed by atoms with E-state index in [4.69, 9.17) is 9.47 Å². The molecule has 0 saturated heterocycles. The minimum Gasteiger partial charge on any atom is -0.365 e. The van der Waals surface area contributed by atoms with E-state index in [1.54, 1.807) is 6.08 Å². The fourth-order valence-corrected chi connectivity index (χ4v) is 4.34. The summed E-state index contributed by atoms with van der Waals surface area (Å²) in [7, 11) is 1.52.